The van der Waals surface area contributed by atoms with Gasteiger partial charge in [0, 0.05) is 43.7 Å². The predicted octanol–water partition coefficient (Wildman–Crippen LogP) is 11.9. The summed E-state index contributed by atoms with van der Waals surface area (Å²) in [6.07, 6.45) is 0. The van der Waals surface area contributed by atoms with Crippen LogP contribution >= 0.6 is 0 Å². The third-order valence-corrected chi connectivity index (χ3v) is 10.1. The van der Waals surface area contributed by atoms with Gasteiger partial charge in [-0.25, -0.2) is 9.97 Å². The molecule has 0 fully saturated rings. The Bertz CT molecular complexity index is 3060. The molecule has 5 nitrogen and oxygen atoms in total. The summed E-state index contributed by atoms with van der Waals surface area (Å²) in [5.74, 6) is 0.626. The van der Waals surface area contributed by atoms with Gasteiger partial charge in [-0.05, 0) is 54.6 Å². The summed E-state index contributed by atoms with van der Waals surface area (Å²) in [7, 11) is 0. The van der Waals surface area contributed by atoms with Crippen LogP contribution in [0.2, 0.25) is 0 Å². The Morgan fingerprint density at radius 3 is 1.71 bits per heavy atom. The first-order valence-electron chi connectivity index (χ1n) is 17.2. The van der Waals surface area contributed by atoms with Crippen LogP contribution in [-0.4, -0.2) is 19.1 Å². The molecule has 51 heavy (non-hydrogen) atoms. The maximum absolute atomic E-state index is 6.69. The van der Waals surface area contributed by atoms with Crippen molar-refractivity contribution in [3.05, 3.63) is 170 Å². The molecule has 0 aliphatic heterocycles. The topological polar surface area (TPSA) is 48.8 Å². The molecular weight excluding hydrogens is 625 g/mol. The normalized spacial score (nSPS) is 11.9. The maximum Gasteiger partial charge on any atom is 0.235 e. The van der Waals surface area contributed by atoms with Crippen LogP contribution < -0.4 is 0 Å². The smallest absolute Gasteiger partial charge is 0.235 e. The molecular formula is C46H28N4O. The lowest BCUT2D eigenvalue weighted by atomic mass is 10.1. The summed E-state index contributed by atoms with van der Waals surface area (Å²) in [4.78, 5) is 10.5. The molecule has 0 radical (unpaired) electrons. The van der Waals surface area contributed by atoms with E-state index in [1.807, 2.05) is 18.2 Å². The average molecular weight is 653 g/mol. The molecule has 0 N–H and O–H groups in total. The summed E-state index contributed by atoms with van der Waals surface area (Å²) in [6, 6.07) is 59.3. The van der Waals surface area contributed by atoms with E-state index in [9.17, 15) is 0 Å². The number of fused-ring (bicyclic) bond motifs is 10. The van der Waals surface area contributed by atoms with Crippen LogP contribution in [0.5, 0.6) is 0 Å². The fourth-order valence-electron chi connectivity index (χ4n) is 7.86. The fourth-order valence-corrected chi connectivity index (χ4v) is 7.86. The molecule has 0 unspecified atom stereocenters. The zero-order chi connectivity index (χ0) is 33.5. The van der Waals surface area contributed by atoms with Gasteiger partial charge < -0.3 is 8.98 Å². The molecule has 0 atom stereocenters. The second-order valence-corrected chi connectivity index (χ2v) is 13.0. The number of benzene rings is 7. The van der Waals surface area contributed by atoms with Crippen LogP contribution in [0.4, 0.5) is 0 Å². The van der Waals surface area contributed by atoms with E-state index in [0.717, 1.165) is 93.8 Å². The molecule has 0 spiro atoms. The molecule has 4 aromatic heterocycles. The van der Waals surface area contributed by atoms with Crippen molar-refractivity contribution in [3.63, 3.8) is 0 Å². The number of rotatable bonds is 4. The van der Waals surface area contributed by atoms with Gasteiger partial charge in [0.2, 0.25) is 5.95 Å². The molecule has 11 aromatic rings. The zero-order valence-electron chi connectivity index (χ0n) is 27.4. The van der Waals surface area contributed by atoms with Crippen molar-refractivity contribution >= 4 is 65.6 Å². The van der Waals surface area contributed by atoms with E-state index < -0.39 is 0 Å². The number of aromatic nitrogens is 4. The third kappa shape index (κ3) is 4.15. The average Bonchev–Trinajstić information content (AvgIpc) is 3.85. The van der Waals surface area contributed by atoms with Gasteiger partial charge in [-0.15, -0.1) is 0 Å². The minimum Gasteiger partial charge on any atom is -0.455 e. The second kappa shape index (κ2) is 10.8. The summed E-state index contributed by atoms with van der Waals surface area (Å²) in [5, 5.41) is 6.70. The first kappa shape index (κ1) is 27.9. The van der Waals surface area contributed by atoms with E-state index in [0.29, 0.717) is 5.95 Å². The molecule has 7 aromatic carbocycles. The van der Waals surface area contributed by atoms with Crippen LogP contribution in [0.1, 0.15) is 0 Å². The molecule has 0 aliphatic carbocycles. The highest BCUT2D eigenvalue weighted by Crippen LogP contribution is 2.43. The molecule has 4 heterocycles. The van der Waals surface area contributed by atoms with Gasteiger partial charge in [0.05, 0.1) is 38.8 Å². The van der Waals surface area contributed by atoms with Crippen LogP contribution in [0.25, 0.3) is 99.7 Å². The Morgan fingerprint density at radius 2 is 0.980 bits per heavy atom. The monoisotopic (exact) mass is 652 g/mol. The van der Waals surface area contributed by atoms with E-state index in [4.69, 9.17) is 14.4 Å². The van der Waals surface area contributed by atoms with Crippen LogP contribution in [0.15, 0.2) is 174 Å². The van der Waals surface area contributed by atoms with Gasteiger partial charge in [0.25, 0.3) is 0 Å². The quantitative estimate of drug-likeness (QED) is 0.190. The van der Waals surface area contributed by atoms with Gasteiger partial charge >= 0.3 is 0 Å². The molecule has 0 aliphatic rings. The molecule has 0 saturated heterocycles. The highest BCUT2D eigenvalue weighted by molar-refractivity contribution is 6.26. The minimum absolute atomic E-state index is 0.626. The Labute approximate surface area is 292 Å². The van der Waals surface area contributed by atoms with Crippen molar-refractivity contribution < 1.29 is 4.42 Å². The van der Waals surface area contributed by atoms with Crippen molar-refractivity contribution in [3.8, 4) is 34.2 Å². The van der Waals surface area contributed by atoms with Gasteiger partial charge in [-0.2, -0.15) is 0 Å². The molecule has 238 valence electrons. The number of para-hydroxylation sites is 3. The van der Waals surface area contributed by atoms with Crippen LogP contribution in [0.3, 0.4) is 0 Å². The largest absolute Gasteiger partial charge is 0.455 e. The highest BCUT2D eigenvalue weighted by atomic mass is 16.3. The van der Waals surface area contributed by atoms with Gasteiger partial charge in [0.1, 0.15) is 11.2 Å². The lowest BCUT2D eigenvalue weighted by molar-refractivity contribution is 0.673. The van der Waals surface area contributed by atoms with Gasteiger partial charge in [-0.3, -0.25) is 4.57 Å². The Morgan fingerprint density at radius 1 is 0.392 bits per heavy atom. The van der Waals surface area contributed by atoms with Crippen molar-refractivity contribution in [1.29, 1.82) is 0 Å². The van der Waals surface area contributed by atoms with Crippen molar-refractivity contribution in [1.82, 2.24) is 19.1 Å². The van der Waals surface area contributed by atoms with E-state index in [-0.39, 0.29) is 0 Å². The number of hydrogen-bond donors (Lipinski definition) is 0. The van der Waals surface area contributed by atoms with Crippen molar-refractivity contribution in [2.45, 2.75) is 0 Å². The molecule has 11 rings (SSSR count). The molecule has 0 saturated carbocycles. The van der Waals surface area contributed by atoms with E-state index in [2.05, 4.69) is 161 Å². The van der Waals surface area contributed by atoms with Crippen LogP contribution in [-0.2, 0) is 0 Å². The minimum atomic E-state index is 0.626. The van der Waals surface area contributed by atoms with Crippen molar-refractivity contribution in [2.75, 3.05) is 0 Å². The van der Waals surface area contributed by atoms with E-state index in [1.165, 1.54) is 0 Å². The zero-order valence-corrected chi connectivity index (χ0v) is 27.4. The standard InChI is InChI=1S/C46H28N4O/c1-4-14-29(15-5-1)37-28-38(30-16-6-2-7-17-30)48-46(47-37)50-39-22-12-10-20-32(39)35-26-42-36(27-41(35)50)44-40(49(42)31-18-8-3-9-19-31)25-24-34-33-21-11-13-23-43(33)51-45(34)44/h1-28H. The van der Waals surface area contributed by atoms with E-state index in [1.54, 1.807) is 0 Å². The maximum atomic E-state index is 6.69. The molecule has 0 amide bonds. The lowest BCUT2D eigenvalue weighted by Crippen LogP contribution is -2.04. The summed E-state index contributed by atoms with van der Waals surface area (Å²) < 4.78 is 11.3. The van der Waals surface area contributed by atoms with Gasteiger partial charge in [0.15, 0.2) is 0 Å². The SMILES string of the molecule is c1ccc(-c2cc(-c3ccccc3)nc(-n3c4ccccc4c4cc5c(cc43)c3c4oc6ccccc6c4ccc3n5-c3ccccc3)n2)cc1. The summed E-state index contributed by atoms with van der Waals surface area (Å²) in [5.41, 5.74) is 11.0. The molecule has 5 heteroatoms. The Balaban J connectivity index is 1.30. The van der Waals surface area contributed by atoms with Crippen LogP contribution in [0, 0.1) is 0 Å². The Hall–Kier alpha value is -6.98. The second-order valence-electron chi connectivity index (χ2n) is 13.0. The Kier molecular flexibility index (Phi) is 5.89. The predicted molar refractivity (Wildman–Crippen MR) is 209 cm³/mol. The van der Waals surface area contributed by atoms with Gasteiger partial charge in [-0.1, -0.05) is 115 Å². The summed E-state index contributed by atoms with van der Waals surface area (Å²) in [6.45, 7) is 0. The van der Waals surface area contributed by atoms with E-state index >= 15 is 0 Å². The fraction of sp³-hybridized carbons (Fsp3) is 0. The highest BCUT2D eigenvalue weighted by Gasteiger charge is 2.23. The lowest BCUT2D eigenvalue weighted by Gasteiger charge is -2.12. The first-order chi connectivity index (χ1) is 25.3. The number of furan rings is 1. The summed E-state index contributed by atoms with van der Waals surface area (Å²) >= 11 is 0. The van der Waals surface area contributed by atoms with Crippen molar-refractivity contribution in [2.24, 2.45) is 0 Å². The molecule has 0 bridgehead atoms. The number of hydrogen-bond acceptors (Lipinski definition) is 3. The first-order valence-corrected chi connectivity index (χ1v) is 17.2. The third-order valence-electron chi connectivity index (χ3n) is 10.1. The number of nitrogens with zero attached hydrogens (tertiary/aromatic N) is 4.